The van der Waals surface area contributed by atoms with E-state index in [1.165, 1.54) is 0 Å². The highest BCUT2D eigenvalue weighted by Crippen LogP contribution is 2.21. The van der Waals surface area contributed by atoms with E-state index < -0.39 is 0 Å². The van der Waals surface area contributed by atoms with E-state index in [1.807, 2.05) is 17.8 Å². The molecule has 0 aliphatic rings. The van der Waals surface area contributed by atoms with Crippen LogP contribution in [0.25, 0.3) is 0 Å². The van der Waals surface area contributed by atoms with Crippen molar-refractivity contribution in [3.05, 3.63) is 29.7 Å². The monoisotopic (exact) mass is 235 g/mol. The molecule has 7 nitrogen and oxygen atoms in total. The first-order chi connectivity index (χ1) is 8.22. The molecule has 2 aromatic heterocycles. The Hall–Kier alpha value is -1.86. The standard InChI is InChI=1S/C10H17N7/c1-17-7(4-5-14-17)2-3-9(15-12)8-6-13-16-10(8)11/h4-6,9,15H,2-3,12H2,1H3,(H3,11,13,16). The molecule has 2 rings (SSSR count). The Morgan fingerprint density at radius 2 is 2.41 bits per heavy atom. The molecule has 0 aliphatic heterocycles. The minimum Gasteiger partial charge on any atom is -0.384 e. The van der Waals surface area contributed by atoms with Crippen LogP contribution >= 0.6 is 0 Å². The van der Waals surface area contributed by atoms with Gasteiger partial charge < -0.3 is 5.73 Å². The lowest BCUT2D eigenvalue weighted by Gasteiger charge is -2.14. The Labute approximate surface area is 99.2 Å². The zero-order valence-corrected chi connectivity index (χ0v) is 9.72. The van der Waals surface area contributed by atoms with Crippen molar-refractivity contribution in [3.8, 4) is 0 Å². The molecule has 0 aliphatic carbocycles. The van der Waals surface area contributed by atoms with Crippen LogP contribution in [0.3, 0.4) is 0 Å². The molecule has 1 unspecified atom stereocenters. The van der Waals surface area contributed by atoms with Gasteiger partial charge in [0.25, 0.3) is 0 Å². The number of hydrogen-bond acceptors (Lipinski definition) is 5. The van der Waals surface area contributed by atoms with Gasteiger partial charge in [0.1, 0.15) is 5.82 Å². The van der Waals surface area contributed by atoms with Crippen LogP contribution in [0, 0.1) is 0 Å². The number of H-pyrrole nitrogens is 1. The van der Waals surface area contributed by atoms with E-state index >= 15 is 0 Å². The average molecular weight is 235 g/mol. The zero-order valence-electron chi connectivity index (χ0n) is 9.72. The van der Waals surface area contributed by atoms with Gasteiger partial charge in [0.2, 0.25) is 0 Å². The second-order valence-electron chi connectivity index (χ2n) is 3.94. The third-order valence-electron chi connectivity index (χ3n) is 2.89. The van der Waals surface area contributed by atoms with Crippen molar-refractivity contribution in [1.29, 1.82) is 0 Å². The molecule has 0 radical (unpaired) electrons. The van der Waals surface area contributed by atoms with E-state index in [2.05, 4.69) is 20.7 Å². The Bertz CT molecular complexity index is 472. The molecule has 0 saturated heterocycles. The van der Waals surface area contributed by atoms with Crippen molar-refractivity contribution in [2.24, 2.45) is 12.9 Å². The largest absolute Gasteiger partial charge is 0.384 e. The zero-order chi connectivity index (χ0) is 12.3. The third kappa shape index (κ3) is 2.45. The van der Waals surface area contributed by atoms with Crippen molar-refractivity contribution in [3.63, 3.8) is 0 Å². The highest BCUT2D eigenvalue weighted by molar-refractivity contribution is 5.39. The second kappa shape index (κ2) is 4.98. The summed E-state index contributed by atoms with van der Waals surface area (Å²) in [5.41, 5.74) is 10.6. The van der Waals surface area contributed by atoms with Crippen LogP contribution in [-0.4, -0.2) is 20.0 Å². The number of aryl methyl sites for hydroxylation is 2. The topological polar surface area (TPSA) is 111 Å². The van der Waals surface area contributed by atoms with Crippen LogP contribution in [0.5, 0.6) is 0 Å². The molecule has 17 heavy (non-hydrogen) atoms. The molecule has 0 aromatic carbocycles. The highest BCUT2D eigenvalue weighted by atomic mass is 15.3. The first kappa shape index (κ1) is 11.6. The lowest BCUT2D eigenvalue weighted by atomic mass is 10.0. The number of nitrogen functional groups attached to an aromatic ring is 1. The summed E-state index contributed by atoms with van der Waals surface area (Å²) in [5.74, 6) is 6.09. The molecule has 0 bridgehead atoms. The van der Waals surface area contributed by atoms with Crippen LogP contribution in [0.2, 0.25) is 0 Å². The molecule has 6 N–H and O–H groups in total. The van der Waals surface area contributed by atoms with Gasteiger partial charge in [-0.3, -0.25) is 21.0 Å². The van der Waals surface area contributed by atoms with Crippen LogP contribution in [0.1, 0.15) is 23.7 Å². The predicted molar refractivity (Wildman–Crippen MR) is 64.6 cm³/mol. The molecule has 0 saturated carbocycles. The van der Waals surface area contributed by atoms with E-state index in [-0.39, 0.29) is 6.04 Å². The molecular weight excluding hydrogens is 218 g/mol. The summed E-state index contributed by atoms with van der Waals surface area (Å²) in [4.78, 5) is 0. The van der Waals surface area contributed by atoms with Crippen molar-refractivity contribution in [2.75, 3.05) is 5.73 Å². The fraction of sp³-hybridized carbons (Fsp3) is 0.400. The normalized spacial score (nSPS) is 12.8. The summed E-state index contributed by atoms with van der Waals surface area (Å²) >= 11 is 0. The van der Waals surface area contributed by atoms with Gasteiger partial charge in [-0.05, 0) is 18.9 Å². The number of nitrogens with zero attached hydrogens (tertiary/aromatic N) is 3. The number of nitrogens with two attached hydrogens (primary N) is 2. The van der Waals surface area contributed by atoms with Crippen LogP contribution in [0.4, 0.5) is 5.82 Å². The number of hydrogen-bond donors (Lipinski definition) is 4. The second-order valence-corrected chi connectivity index (χ2v) is 3.94. The van der Waals surface area contributed by atoms with Gasteiger partial charge in [-0.2, -0.15) is 10.2 Å². The highest BCUT2D eigenvalue weighted by Gasteiger charge is 2.15. The quantitative estimate of drug-likeness (QED) is 0.426. The maximum atomic E-state index is 5.76. The van der Waals surface area contributed by atoms with Gasteiger partial charge in [-0.25, -0.2) is 0 Å². The number of nitrogens with one attached hydrogen (secondary N) is 2. The Morgan fingerprint density at radius 1 is 1.59 bits per heavy atom. The predicted octanol–water partition coefficient (Wildman–Crippen LogP) is -0.137. The van der Waals surface area contributed by atoms with Crippen LogP contribution in [-0.2, 0) is 13.5 Å². The molecule has 0 spiro atoms. The van der Waals surface area contributed by atoms with Crippen molar-refractivity contribution >= 4 is 5.82 Å². The summed E-state index contributed by atoms with van der Waals surface area (Å²) < 4.78 is 1.85. The van der Waals surface area contributed by atoms with E-state index in [1.54, 1.807) is 12.4 Å². The van der Waals surface area contributed by atoms with E-state index in [4.69, 9.17) is 11.6 Å². The summed E-state index contributed by atoms with van der Waals surface area (Å²) in [7, 11) is 1.92. The number of aromatic nitrogens is 4. The molecule has 2 heterocycles. The molecule has 92 valence electrons. The summed E-state index contributed by atoms with van der Waals surface area (Å²) in [6.07, 6.45) is 5.19. The first-order valence-electron chi connectivity index (χ1n) is 5.44. The molecule has 0 amide bonds. The minimum absolute atomic E-state index is 0.0105. The third-order valence-corrected chi connectivity index (χ3v) is 2.89. The van der Waals surface area contributed by atoms with Gasteiger partial charge in [-0.15, -0.1) is 0 Å². The Morgan fingerprint density at radius 3 is 2.94 bits per heavy atom. The maximum absolute atomic E-state index is 5.76. The lowest BCUT2D eigenvalue weighted by molar-refractivity contribution is 0.508. The number of rotatable bonds is 5. The Kier molecular flexibility index (Phi) is 3.40. The van der Waals surface area contributed by atoms with Gasteiger partial charge in [0, 0.05) is 24.5 Å². The van der Waals surface area contributed by atoms with Crippen molar-refractivity contribution < 1.29 is 0 Å². The van der Waals surface area contributed by atoms with Crippen molar-refractivity contribution in [1.82, 2.24) is 25.4 Å². The lowest BCUT2D eigenvalue weighted by Crippen LogP contribution is -2.28. The van der Waals surface area contributed by atoms with Crippen molar-refractivity contribution in [2.45, 2.75) is 18.9 Å². The van der Waals surface area contributed by atoms with E-state index in [0.29, 0.717) is 5.82 Å². The summed E-state index contributed by atoms with van der Waals surface area (Å²) in [5, 5.41) is 10.7. The summed E-state index contributed by atoms with van der Waals surface area (Å²) in [6, 6.07) is 1.98. The Balaban J connectivity index is 2.02. The van der Waals surface area contributed by atoms with Gasteiger partial charge in [0.05, 0.1) is 12.2 Å². The van der Waals surface area contributed by atoms with Gasteiger partial charge in [-0.1, -0.05) is 0 Å². The van der Waals surface area contributed by atoms with Crippen LogP contribution in [0.15, 0.2) is 18.5 Å². The molecule has 1 atom stereocenters. The number of hydrazine groups is 1. The molecule has 2 aromatic rings. The van der Waals surface area contributed by atoms with Crippen LogP contribution < -0.4 is 17.0 Å². The number of aromatic amines is 1. The minimum atomic E-state index is -0.0105. The van der Waals surface area contributed by atoms with Gasteiger partial charge in [0.15, 0.2) is 0 Å². The smallest absolute Gasteiger partial charge is 0.123 e. The van der Waals surface area contributed by atoms with E-state index in [0.717, 1.165) is 24.1 Å². The molecule has 7 heteroatoms. The summed E-state index contributed by atoms with van der Waals surface area (Å²) in [6.45, 7) is 0. The average Bonchev–Trinajstić information content (AvgIpc) is 2.90. The fourth-order valence-electron chi connectivity index (χ4n) is 1.85. The number of anilines is 1. The van der Waals surface area contributed by atoms with E-state index in [9.17, 15) is 0 Å². The maximum Gasteiger partial charge on any atom is 0.123 e. The SMILES string of the molecule is Cn1nccc1CCC(NN)c1cn[nH]c1N. The molecule has 0 fully saturated rings. The van der Waals surface area contributed by atoms with Gasteiger partial charge >= 0.3 is 0 Å². The molecular formula is C10H17N7. The first-order valence-corrected chi connectivity index (χ1v) is 5.44. The fourth-order valence-corrected chi connectivity index (χ4v) is 1.85.